The predicted molar refractivity (Wildman–Crippen MR) is 55.3 cm³/mol. The second-order valence-electron chi connectivity index (χ2n) is 4.70. The summed E-state index contributed by atoms with van der Waals surface area (Å²) in [5.41, 5.74) is 0. The third kappa shape index (κ3) is 2.27. The van der Waals surface area contributed by atoms with Gasteiger partial charge in [0.15, 0.2) is 0 Å². The molecule has 1 aliphatic carbocycles. The molecule has 0 spiro atoms. The maximum absolute atomic E-state index is 5.41. The Bertz CT molecular complexity index is 186. The largest absolute Gasteiger partial charge is 0.377 e. The van der Waals surface area contributed by atoms with Gasteiger partial charge in [0.2, 0.25) is 0 Å². The van der Waals surface area contributed by atoms with Crippen LogP contribution in [0.1, 0.15) is 26.2 Å². The molecule has 2 fully saturated rings. The van der Waals surface area contributed by atoms with Crippen molar-refractivity contribution in [3.05, 3.63) is 0 Å². The van der Waals surface area contributed by atoms with Gasteiger partial charge in [-0.2, -0.15) is 0 Å². The third-order valence-corrected chi connectivity index (χ3v) is 3.48. The van der Waals surface area contributed by atoms with E-state index in [0.717, 1.165) is 19.1 Å². The van der Waals surface area contributed by atoms with Crippen molar-refractivity contribution in [3.63, 3.8) is 0 Å². The zero-order chi connectivity index (χ0) is 9.97. The summed E-state index contributed by atoms with van der Waals surface area (Å²) >= 11 is 0. The molecule has 2 unspecified atom stereocenters. The Labute approximate surface area is 86.2 Å². The third-order valence-electron chi connectivity index (χ3n) is 3.48. The molecule has 1 N–H and O–H groups in total. The summed E-state index contributed by atoms with van der Waals surface area (Å²) in [5, 5.41) is 3.66. The molecule has 1 saturated heterocycles. The van der Waals surface area contributed by atoms with Crippen molar-refractivity contribution in [1.29, 1.82) is 0 Å². The standard InChI is InChI=1S/C11H21NO2/c1-8-3-4-9(5-8)12-10-6-14-7-11(10)13-2/h8-12H,3-7H2,1-2H3/t8?,9?,10-,11-/m0/s1. The average Bonchev–Trinajstić information content (AvgIpc) is 2.76. The van der Waals surface area contributed by atoms with Crippen LogP contribution in [0, 0.1) is 5.92 Å². The number of ether oxygens (including phenoxy) is 2. The second-order valence-corrected chi connectivity index (χ2v) is 4.70. The molecule has 0 bridgehead atoms. The van der Waals surface area contributed by atoms with Gasteiger partial charge in [-0.25, -0.2) is 0 Å². The fraction of sp³-hybridized carbons (Fsp3) is 1.00. The Hall–Kier alpha value is -0.120. The summed E-state index contributed by atoms with van der Waals surface area (Å²) in [6, 6.07) is 1.10. The normalized spacial score (nSPS) is 43.3. The van der Waals surface area contributed by atoms with Crippen molar-refractivity contribution < 1.29 is 9.47 Å². The molecule has 2 rings (SSSR count). The minimum atomic E-state index is 0.255. The van der Waals surface area contributed by atoms with E-state index in [9.17, 15) is 0 Å². The highest BCUT2D eigenvalue weighted by atomic mass is 16.5. The van der Waals surface area contributed by atoms with Crippen LogP contribution in [0.5, 0.6) is 0 Å². The molecule has 2 aliphatic rings. The lowest BCUT2D eigenvalue weighted by atomic mass is 10.1. The van der Waals surface area contributed by atoms with Gasteiger partial charge in [-0.3, -0.25) is 0 Å². The molecule has 3 nitrogen and oxygen atoms in total. The van der Waals surface area contributed by atoms with Gasteiger partial charge in [0.05, 0.1) is 25.4 Å². The summed E-state index contributed by atoms with van der Waals surface area (Å²) in [5.74, 6) is 0.885. The minimum absolute atomic E-state index is 0.255. The molecular formula is C11H21NO2. The van der Waals surface area contributed by atoms with Crippen molar-refractivity contribution in [2.75, 3.05) is 20.3 Å². The van der Waals surface area contributed by atoms with Crippen LogP contribution in [0.2, 0.25) is 0 Å². The van der Waals surface area contributed by atoms with Gasteiger partial charge in [-0.15, -0.1) is 0 Å². The first kappa shape index (κ1) is 10.4. The van der Waals surface area contributed by atoms with Gasteiger partial charge in [-0.1, -0.05) is 6.92 Å². The first-order chi connectivity index (χ1) is 6.79. The molecule has 0 amide bonds. The SMILES string of the molecule is CO[C@H]1COC[C@@H]1NC1CCC(C)C1. The Morgan fingerprint density at radius 1 is 1.29 bits per heavy atom. The first-order valence-electron chi connectivity index (χ1n) is 5.66. The average molecular weight is 199 g/mol. The molecule has 3 heteroatoms. The summed E-state index contributed by atoms with van der Waals surface area (Å²) < 4.78 is 10.8. The number of rotatable bonds is 3. The van der Waals surface area contributed by atoms with Gasteiger partial charge in [0.1, 0.15) is 0 Å². The van der Waals surface area contributed by atoms with Crippen molar-refractivity contribution in [2.24, 2.45) is 5.92 Å². The minimum Gasteiger partial charge on any atom is -0.377 e. The van der Waals surface area contributed by atoms with Gasteiger partial charge >= 0.3 is 0 Å². The van der Waals surface area contributed by atoms with Crippen LogP contribution in [0.15, 0.2) is 0 Å². The Morgan fingerprint density at radius 3 is 2.79 bits per heavy atom. The predicted octanol–water partition coefficient (Wildman–Crippen LogP) is 1.18. The number of nitrogens with one attached hydrogen (secondary N) is 1. The monoisotopic (exact) mass is 199 g/mol. The molecule has 1 saturated carbocycles. The van der Waals surface area contributed by atoms with Gasteiger partial charge in [-0.05, 0) is 25.2 Å². The lowest BCUT2D eigenvalue weighted by Crippen LogP contribution is -2.44. The van der Waals surface area contributed by atoms with E-state index in [-0.39, 0.29) is 6.10 Å². The Morgan fingerprint density at radius 2 is 2.14 bits per heavy atom. The van der Waals surface area contributed by atoms with E-state index in [0.29, 0.717) is 12.1 Å². The lowest BCUT2D eigenvalue weighted by Gasteiger charge is -2.22. The first-order valence-corrected chi connectivity index (χ1v) is 5.66. The van der Waals surface area contributed by atoms with Crippen LogP contribution in [-0.4, -0.2) is 38.5 Å². The zero-order valence-electron chi connectivity index (χ0n) is 9.16. The topological polar surface area (TPSA) is 30.5 Å². The highest BCUT2D eigenvalue weighted by molar-refractivity contribution is 4.88. The van der Waals surface area contributed by atoms with Gasteiger partial charge in [0.25, 0.3) is 0 Å². The maximum atomic E-state index is 5.41. The lowest BCUT2D eigenvalue weighted by molar-refractivity contribution is 0.0717. The number of methoxy groups -OCH3 is 1. The highest BCUT2D eigenvalue weighted by Gasteiger charge is 2.31. The number of hydrogen-bond donors (Lipinski definition) is 1. The van der Waals surface area contributed by atoms with Crippen molar-refractivity contribution in [3.8, 4) is 0 Å². The second kappa shape index (κ2) is 4.60. The van der Waals surface area contributed by atoms with Crippen molar-refractivity contribution in [1.82, 2.24) is 5.32 Å². The molecule has 0 aromatic heterocycles. The van der Waals surface area contributed by atoms with Crippen LogP contribution in [0.3, 0.4) is 0 Å². The van der Waals surface area contributed by atoms with Crippen molar-refractivity contribution >= 4 is 0 Å². The molecule has 1 heterocycles. The quantitative estimate of drug-likeness (QED) is 0.740. The van der Waals surface area contributed by atoms with Crippen LogP contribution >= 0.6 is 0 Å². The molecule has 14 heavy (non-hydrogen) atoms. The molecular weight excluding hydrogens is 178 g/mol. The van der Waals surface area contributed by atoms with E-state index in [1.807, 2.05) is 0 Å². The van der Waals surface area contributed by atoms with E-state index >= 15 is 0 Å². The molecule has 4 atom stereocenters. The summed E-state index contributed by atoms with van der Waals surface area (Å²) in [6.45, 7) is 3.89. The van der Waals surface area contributed by atoms with Gasteiger partial charge < -0.3 is 14.8 Å². The Kier molecular flexibility index (Phi) is 3.42. The molecule has 1 aliphatic heterocycles. The summed E-state index contributed by atoms with van der Waals surface area (Å²) in [7, 11) is 1.77. The molecule has 0 aromatic rings. The molecule has 0 aromatic carbocycles. The zero-order valence-corrected chi connectivity index (χ0v) is 9.16. The maximum Gasteiger partial charge on any atom is 0.0979 e. The molecule has 82 valence electrons. The smallest absolute Gasteiger partial charge is 0.0979 e. The highest BCUT2D eigenvalue weighted by Crippen LogP contribution is 2.25. The molecule has 0 radical (unpaired) electrons. The van der Waals surface area contributed by atoms with E-state index in [1.54, 1.807) is 7.11 Å². The summed E-state index contributed by atoms with van der Waals surface area (Å²) in [6.07, 6.45) is 4.25. The van der Waals surface area contributed by atoms with Crippen LogP contribution in [0.4, 0.5) is 0 Å². The van der Waals surface area contributed by atoms with Crippen LogP contribution in [0.25, 0.3) is 0 Å². The Balaban J connectivity index is 1.79. The van der Waals surface area contributed by atoms with Crippen LogP contribution < -0.4 is 5.32 Å². The number of hydrogen-bond acceptors (Lipinski definition) is 3. The van der Waals surface area contributed by atoms with E-state index < -0.39 is 0 Å². The van der Waals surface area contributed by atoms with Crippen molar-refractivity contribution in [2.45, 2.75) is 44.4 Å². The fourth-order valence-electron chi connectivity index (χ4n) is 2.58. The van der Waals surface area contributed by atoms with Crippen LogP contribution in [-0.2, 0) is 9.47 Å². The van der Waals surface area contributed by atoms with E-state index in [4.69, 9.17) is 9.47 Å². The summed E-state index contributed by atoms with van der Waals surface area (Å²) in [4.78, 5) is 0. The van der Waals surface area contributed by atoms with E-state index in [1.165, 1.54) is 19.3 Å². The van der Waals surface area contributed by atoms with E-state index in [2.05, 4.69) is 12.2 Å². The van der Waals surface area contributed by atoms with Gasteiger partial charge in [0, 0.05) is 13.2 Å². The fourth-order valence-corrected chi connectivity index (χ4v) is 2.58.